The van der Waals surface area contributed by atoms with Crippen molar-refractivity contribution in [2.75, 3.05) is 0 Å². The van der Waals surface area contributed by atoms with Gasteiger partial charge in [0.15, 0.2) is 0 Å². The zero-order chi connectivity index (χ0) is 36.6. The van der Waals surface area contributed by atoms with E-state index in [4.69, 9.17) is 0 Å². The molecule has 0 unspecified atom stereocenters. The Kier molecular flexibility index (Phi) is 6.61. The molecule has 3 aromatic heterocycles. The van der Waals surface area contributed by atoms with Crippen LogP contribution in [0.1, 0.15) is 11.1 Å². The summed E-state index contributed by atoms with van der Waals surface area (Å²) in [5.74, 6) is 0. The Morgan fingerprint density at radius 1 is 0.327 bits per heavy atom. The van der Waals surface area contributed by atoms with E-state index in [0.29, 0.717) is 11.1 Å². The minimum absolute atomic E-state index is 0.585. The third-order valence-electron chi connectivity index (χ3n) is 11.1. The van der Waals surface area contributed by atoms with Gasteiger partial charge in [-0.2, -0.15) is 10.5 Å². The predicted molar refractivity (Wildman–Crippen MR) is 224 cm³/mol. The summed E-state index contributed by atoms with van der Waals surface area (Å²) >= 11 is 0. The molecule has 0 saturated carbocycles. The zero-order valence-electron chi connectivity index (χ0n) is 29.5. The Morgan fingerprint density at radius 2 is 0.800 bits per heavy atom. The van der Waals surface area contributed by atoms with Crippen molar-refractivity contribution in [3.05, 3.63) is 187 Å². The number of hydrogen-bond acceptors (Lipinski definition) is 2. The number of aromatic nitrogens is 3. The van der Waals surface area contributed by atoms with Gasteiger partial charge in [0.1, 0.15) is 0 Å². The highest BCUT2D eigenvalue weighted by Crippen LogP contribution is 2.42. The maximum atomic E-state index is 10.6. The molecule has 254 valence electrons. The first-order valence-electron chi connectivity index (χ1n) is 18.3. The first kappa shape index (κ1) is 30.7. The third kappa shape index (κ3) is 4.33. The van der Waals surface area contributed by atoms with Crippen molar-refractivity contribution in [1.82, 2.24) is 13.7 Å². The van der Waals surface area contributed by atoms with Crippen LogP contribution in [-0.2, 0) is 0 Å². The average Bonchev–Trinajstić information content (AvgIpc) is 3.89. The van der Waals surface area contributed by atoms with E-state index in [9.17, 15) is 10.5 Å². The molecule has 0 atom stereocenters. The molecule has 0 aliphatic heterocycles. The van der Waals surface area contributed by atoms with Gasteiger partial charge in [0.05, 0.1) is 67.7 Å². The third-order valence-corrected chi connectivity index (χ3v) is 11.1. The summed E-state index contributed by atoms with van der Waals surface area (Å²) in [4.78, 5) is 0. The summed E-state index contributed by atoms with van der Waals surface area (Å²) in [6.45, 7) is 0. The fraction of sp³-hybridized carbons (Fsp3) is 0. The van der Waals surface area contributed by atoms with E-state index in [1.807, 2.05) is 42.5 Å². The summed E-state index contributed by atoms with van der Waals surface area (Å²) in [6.07, 6.45) is 0. The molecule has 0 bridgehead atoms. The highest BCUT2D eigenvalue weighted by atomic mass is 15.0. The average molecular weight is 700 g/mol. The molecular weight excluding hydrogens is 671 g/mol. The molecule has 55 heavy (non-hydrogen) atoms. The van der Waals surface area contributed by atoms with E-state index in [0.717, 1.165) is 82.8 Å². The van der Waals surface area contributed by atoms with Crippen molar-refractivity contribution in [1.29, 1.82) is 10.5 Å². The fourth-order valence-electron chi connectivity index (χ4n) is 8.91. The lowest BCUT2D eigenvalue weighted by molar-refractivity contribution is 1.16. The summed E-state index contributed by atoms with van der Waals surface area (Å²) in [6, 6.07) is 65.9. The number of nitrogens with zero attached hydrogens (tertiary/aromatic N) is 5. The van der Waals surface area contributed by atoms with Gasteiger partial charge in [-0.15, -0.1) is 0 Å². The molecule has 0 aliphatic rings. The van der Waals surface area contributed by atoms with Crippen LogP contribution in [0.15, 0.2) is 176 Å². The first-order valence-corrected chi connectivity index (χ1v) is 18.3. The summed E-state index contributed by atoms with van der Waals surface area (Å²) in [7, 11) is 0. The molecule has 3 heterocycles. The van der Waals surface area contributed by atoms with Crippen LogP contribution in [0.5, 0.6) is 0 Å². The van der Waals surface area contributed by atoms with E-state index in [-0.39, 0.29) is 0 Å². The molecule has 5 nitrogen and oxygen atoms in total. The van der Waals surface area contributed by atoms with Crippen LogP contribution in [0.2, 0.25) is 0 Å². The van der Waals surface area contributed by atoms with E-state index >= 15 is 0 Å². The van der Waals surface area contributed by atoms with Gasteiger partial charge >= 0.3 is 0 Å². The normalized spacial score (nSPS) is 11.6. The SMILES string of the molecule is N#Cc1ccc(-n2c3ccccc3c3c(C#N)cccc32)cc1-c1ccccc1-n1c2ccccc2c2c(-n3c4ccccc4c4ccccc43)cccc21. The Balaban J connectivity index is 1.19. The van der Waals surface area contributed by atoms with Crippen LogP contribution in [0.25, 0.3) is 93.6 Å². The summed E-state index contributed by atoms with van der Waals surface area (Å²) < 4.78 is 6.96. The second kappa shape index (κ2) is 11.8. The van der Waals surface area contributed by atoms with E-state index < -0.39 is 0 Å². The van der Waals surface area contributed by atoms with Gasteiger partial charge < -0.3 is 13.7 Å². The highest BCUT2D eigenvalue weighted by Gasteiger charge is 2.22. The minimum Gasteiger partial charge on any atom is -0.309 e. The molecule has 8 aromatic carbocycles. The Labute approximate surface area is 316 Å². The van der Waals surface area contributed by atoms with Crippen molar-refractivity contribution in [3.8, 4) is 40.3 Å². The van der Waals surface area contributed by atoms with Crippen molar-refractivity contribution in [2.45, 2.75) is 0 Å². The molecule has 0 spiro atoms. The minimum atomic E-state index is 0.585. The zero-order valence-corrected chi connectivity index (χ0v) is 29.5. The second-order valence-corrected chi connectivity index (χ2v) is 13.9. The molecular formula is C50H29N5. The van der Waals surface area contributed by atoms with Crippen LogP contribution in [0.3, 0.4) is 0 Å². The Hall–Kier alpha value is -7.86. The van der Waals surface area contributed by atoms with Gasteiger partial charge in [-0.1, -0.05) is 103 Å². The molecule has 0 radical (unpaired) electrons. The van der Waals surface area contributed by atoms with E-state index in [1.54, 1.807) is 0 Å². The summed E-state index contributed by atoms with van der Waals surface area (Å²) in [5, 5.41) is 27.4. The van der Waals surface area contributed by atoms with Crippen LogP contribution in [-0.4, -0.2) is 13.7 Å². The maximum absolute atomic E-state index is 10.6. The molecule has 11 aromatic rings. The number of rotatable bonds is 4. The lowest BCUT2D eigenvalue weighted by atomic mass is 9.97. The molecule has 11 rings (SSSR count). The van der Waals surface area contributed by atoms with Gasteiger partial charge in [0.2, 0.25) is 0 Å². The van der Waals surface area contributed by atoms with Crippen molar-refractivity contribution < 1.29 is 0 Å². The maximum Gasteiger partial charge on any atom is 0.0998 e. The number of hydrogen-bond donors (Lipinski definition) is 0. The van der Waals surface area contributed by atoms with E-state index in [2.05, 4.69) is 159 Å². The number of nitriles is 2. The second-order valence-electron chi connectivity index (χ2n) is 13.9. The standard InChI is InChI=1S/C50H29N5/c51-30-32-27-28-34(53-44-22-9-4-17-38(44)49-33(31-52)13-11-24-46(49)53)29-40(32)37-16-3-8-21-43(37)55-45-23-10-5-18-39(45)50-47(25-12-26-48(50)55)54-41-19-6-1-14-35(41)36-15-2-7-20-42(36)54/h1-29H. The van der Waals surface area contributed by atoms with Crippen LogP contribution < -0.4 is 0 Å². The molecule has 0 N–H and O–H groups in total. The van der Waals surface area contributed by atoms with Gasteiger partial charge in [0, 0.05) is 49.1 Å². The predicted octanol–water partition coefficient (Wildman–Crippen LogP) is 12.4. The monoisotopic (exact) mass is 699 g/mol. The molecule has 0 amide bonds. The first-order chi connectivity index (χ1) is 27.2. The van der Waals surface area contributed by atoms with Crippen LogP contribution in [0, 0.1) is 22.7 Å². The van der Waals surface area contributed by atoms with Crippen molar-refractivity contribution in [3.63, 3.8) is 0 Å². The van der Waals surface area contributed by atoms with Gasteiger partial charge in [-0.05, 0) is 72.8 Å². The lowest BCUT2D eigenvalue weighted by Gasteiger charge is -2.17. The topological polar surface area (TPSA) is 62.4 Å². The number of benzene rings is 8. The van der Waals surface area contributed by atoms with E-state index in [1.165, 1.54) is 10.8 Å². The Morgan fingerprint density at radius 3 is 1.47 bits per heavy atom. The fourth-order valence-corrected chi connectivity index (χ4v) is 8.91. The molecule has 5 heteroatoms. The quantitative estimate of drug-likeness (QED) is 0.184. The van der Waals surface area contributed by atoms with Gasteiger partial charge in [-0.25, -0.2) is 0 Å². The number of fused-ring (bicyclic) bond motifs is 9. The van der Waals surface area contributed by atoms with Crippen molar-refractivity contribution >= 4 is 65.4 Å². The molecule has 0 saturated heterocycles. The van der Waals surface area contributed by atoms with Crippen LogP contribution in [0.4, 0.5) is 0 Å². The lowest BCUT2D eigenvalue weighted by Crippen LogP contribution is -2.00. The van der Waals surface area contributed by atoms with Crippen molar-refractivity contribution in [2.24, 2.45) is 0 Å². The Bertz CT molecular complexity index is 3420. The highest BCUT2D eigenvalue weighted by molar-refractivity contribution is 6.17. The summed E-state index contributed by atoms with van der Waals surface area (Å²) in [5.41, 5.74) is 12.5. The largest absolute Gasteiger partial charge is 0.309 e. The molecule has 0 aliphatic carbocycles. The van der Waals surface area contributed by atoms with Crippen LogP contribution >= 0.6 is 0 Å². The molecule has 0 fully saturated rings. The smallest absolute Gasteiger partial charge is 0.0998 e. The van der Waals surface area contributed by atoms with Gasteiger partial charge in [-0.3, -0.25) is 0 Å². The van der Waals surface area contributed by atoms with Gasteiger partial charge in [0.25, 0.3) is 0 Å². The number of para-hydroxylation sites is 5.